The van der Waals surface area contributed by atoms with E-state index in [1.54, 1.807) is 0 Å². The third-order valence-corrected chi connectivity index (χ3v) is 5.03. The van der Waals surface area contributed by atoms with Gasteiger partial charge in [0.15, 0.2) is 0 Å². The molecule has 1 aliphatic heterocycles. The number of benzene rings is 2. The fourth-order valence-electron chi connectivity index (χ4n) is 3.19. The predicted octanol–water partition coefficient (Wildman–Crippen LogP) is 4.16. The number of carbonyl (C=O) groups is 1. The maximum Gasteiger partial charge on any atom is 0.222 e. The molecule has 138 valence electrons. The van der Waals surface area contributed by atoms with E-state index in [1.807, 2.05) is 60.4 Å². The SMILES string of the molecule is Cc1ccccc1OCCCC(=O)N1CCN(c2ccccc2Cl)CC1. The molecule has 0 N–H and O–H groups in total. The van der Waals surface area contributed by atoms with Gasteiger partial charge in [0.1, 0.15) is 5.75 Å². The van der Waals surface area contributed by atoms with Crippen LogP contribution in [0.1, 0.15) is 18.4 Å². The van der Waals surface area contributed by atoms with Crippen molar-refractivity contribution in [1.29, 1.82) is 0 Å². The number of ether oxygens (including phenoxy) is 1. The van der Waals surface area contributed by atoms with Crippen LogP contribution >= 0.6 is 11.6 Å². The normalized spacial score (nSPS) is 14.4. The Labute approximate surface area is 160 Å². The van der Waals surface area contributed by atoms with Gasteiger partial charge in [0, 0.05) is 32.6 Å². The van der Waals surface area contributed by atoms with Gasteiger partial charge in [-0.25, -0.2) is 0 Å². The summed E-state index contributed by atoms with van der Waals surface area (Å²) in [5.74, 6) is 1.10. The van der Waals surface area contributed by atoms with Crippen LogP contribution in [0.5, 0.6) is 5.75 Å². The van der Waals surface area contributed by atoms with E-state index in [-0.39, 0.29) is 5.91 Å². The first-order chi connectivity index (χ1) is 12.6. The summed E-state index contributed by atoms with van der Waals surface area (Å²) in [6.07, 6.45) is 1.26. The lowest BCUT2D eigenvalue weighted by atomic mass is 10.2. The first-order valence-corrected chi connectivity index (χ1v) is 9.48. The van der Waals surface area contributed by atoms with E-state index in [4.69, 9.17) is 16.3 Å². The number of halogens is 1. The van der Waals surface area contributed by atoms with E-state index >= 15 is 0 Å². The third-order valence-electron chi connectivity index (χ3n) is 4.71. The number of amides is 1. The molecular formula is C21H25ClN2O2. The Morgan fingerprint density at radius 2 is 1.73 bits per heavy atom. The minimum atomic E-state index is 0.206. The van der Waals surface area contributed by atoms with Crippen molar-refractivity contribution in [1.82, 2.24) is 4.90 Å². The Morgan fingerprint density at radius 3 is 2.46 bits per heavy atom. The highest BCUT2D eigenvalue weighted by molar-refractivity contribution is 6.33. The molecule has 0 saturated carbocycles. The summed E-state index contributed by atoms with van der Waals surface area (Å²) >= 11 is 6.27. The number of nitrogens with zero attached hydrogens (tertiary/aromatic N) is 2. The van der Waals surface area contributed by atoms with Crippen LogP contribution in [-0.4, -0.2) is 43.6 Å². The number of rotatable bonds is 6. The minimum absolute atomic E-state index is 0.206. The summed E-state index contributed by atoms with van der Waals surface area (Å²) in [6, 6.07) is 15.8. The molecule has 26 heavy (non-hydrogen) atoms. The van der Waals surface area contributed by atoms with Gasteiger partial charge in [0.2, 0.25) is 5.91 Å². The molecule has 1 saturated heterocycles. The lowest BCUT2D eigenvalue weighted by Crippen LogP contribution is -2.48. The number of anilines is 1. The van der Waals surface area contributed by atoms with Crippen LogP contribution in [0.15, 0.2) is 48.5 Å². The summed E-state index contributed by atoms with van der Waals surface area (Å²) in [4.78, 5) is 16.6. The lowest BCUT2D eigenvalue weighted by Gasteiger charge is -2.36. The molecule has 2 aromatic rings. The van der Waals surface area contributed by atoms with Crippen LogP contribution in [0.25, 0.3) is 0 Å². The average molecular weight is 373 g/mol. The Bertz CT molecular complexity index is 742. The highest BCUT2D eigenvalue weighted by atomic mass is 35.5. The van der Waals surface area contributed by atoms with E-state index < -0.39 is 0 Å². The molecule has 1 fully saturated rings. The van der Waals surface area contributed by atoms with Gasteiger partial charge in [0.25, 0.3) is 0 Å². The molecule has 2 aromatic carbocycles. The molecule has 0 radical (unpaired) electrons. The molecule has 1 aliphatic rings. The molecule has 0 unspecified atom stereocenters. The number of hydrogen-bond acceptors (Lipinski definition) is 3. The average Bonchev–Trinajstić information content (AvgIpc) is 2.67. The zero-order valence-corrected chi connectivity index (χ0v) is 15.9. The van der Waals surface area contributed by atoms with Crippen LogP contribution in [0.3, 0.4) is 0 Å². The summed E-state index contributed by atoms with van der Waals surface area (Å²) in [6.45, 7) is 5.70. The molecule has 4 nitrogen and oxygen atoms in total. The summed E-state index contributed by atoms with van der Waals surface area (Å²) in [5, 5.41) is 0.764. The molecule has 0 aromatic heterocycles. The summed E-state index contributed by atoms with van der Waals surface area (Å²) in [5.41, 5.74) is 2.17. The number of aryl methyl sites for hydroxylation is 1. The Hall–Kier alpha value is -2.20. The molecular weight excluding hydrogens is 348 g/mol. The fourth-order valence-corrected chi connectivity index (χ4v) is 3.44. The van der Waals surface area contributed by atoms with Crippen molar-refractivity contribution in [3.05, 3.63) is 59.1 Å². The van der Waals surface area contributed by atoms with Crippen LogP contribution in [0.2, 0.25) is 5.02 Å². The molecule has 1 heterocycles. The van der Waals surface area contributed by atoms with Gasteiger partial charge >= 0.3 is 0 Å². The van der Waals surface area contributed by atoms with Gasteiger partial charge in [-0.1, -0.05) is 41.9 Å². The molecule has 0 spiro atoms. The fraction of sp³-hybridized carbons (Fsp3) is 0.381. The second-order valence-electron chi connectivity index (χ2n) is 6.54. The minimum Gasteiger partial charge on any atom is -0.493 e. The van der Waals surface area contributed by atoms with E-state index in [2.05, 4.69) is 4.90 Å². The maximum atomic E-state index is 12.4. The van der Waals surface area contributed by atoms with Gasteiger partial charge in [-0.05, 0) is 37.1 Å². The number of para-hydroxylation sites is 2. The first kappa shape index (κ1) is 18.6. The molecule has 3 rings (SSSR count). The van der Waals surface area contributed by atoms with Crippen molar-refractivity contribution in [2.24, 2.45) is 0 Å². The standard InChI is InChI=1S/C21H25ClN2O2/c1-17-7-2-5-10-20(17)26-16-6-11-21(25)24-14-12-23(13-15-24)19-9-4-3-8-18(19)22/h2-5,7-10H,6,11-16H2,1H3. The van der Waals surface area contributed by atoms with Gasteiger partial charge < -0.3 is 14.5 Å². The van der Waals surface area contributed by atoms with Crippen molar-refractivity contribution >= 4 is 23.2 Å². The van der Waals surface area contributed by atoms with Crippen molar-refractivity contribution in [2.45, 2.75) is 19.8 Å². The van der Waals surface area contributed by atoms with Gasteiger partial charge in [0.05, 0.1) is 17.3 Å². The summed E-state index contributed by atoms with van der Waals surface area (Å²) < 4.78 is 5.77. The molecule has 0 atom stereocenters. The first-order valence-electron chi connectivity index (χ1n) is 9.11. The van der Waals surface area contributed by atoms with E-state index in [9.17, 15) is 4.79 Å². The predicted molar refractivity (Wildman–Crippen MR) is 106 cm³/mol. The smallest absolute Gasteiger partial charge is 0.222 e. The van der Waals surface area contributed by atoms with E-state index in [0.717, 1.165) is 54.6 Å². The quantitative estimate of drug-likeness (QED) is 0.714. The zero-order valence-electron chi connectivity index (χ0n) is 15.2. The highest BCUT2D eigenvalue weighted by Crippen LogP contribution is 2.26. The summed E-state index contributed by atoms with van der Waals surface area (Å²) in [7, 11) is 0. The van der Waals surface area contributed by atoms with Gasteiger partial charge in [-0.3, -0.25) is 4.79 Å². The van der Waals surface area contributed by atoms with Crippen LogP contribution in [0.4, 0.5) is 5.69 Å². The zero-order chi connectivity index (χ0) is 18.4. The van der Waals surface area contributed by atoms with Crippen LogP contribution in [-0.2, 0) is 4.79 Å². The number of carbonyl (C=O) groups excluding carboxylic acids is 1. The van der Waals surface area contributed by atoms with E-state index in [1.165, 1.54) is 0 Å². The van der Waals surface area contributed by atoms with Crippen LogP contribution in [0, 0.1) is 6.92 Å². The molecule has 1 amide bonds. The maximum absolute atomic E-state index is 12.4. The van der Waals surface area contributed by atoms with Gasteiger partial charge in [-0.2, -0.15) is 0 Å². The Balaban J connectivity index is 1.40. The van der Waals surface area contributed by atoms with Crippen molar-refractivity contribution in [3.8, 4) is 5.75 Å². The molecule has 0 aliphatic carbocycles. The largest absolute Gasteiger partial charge is 0.493 e. The third kappa shape index (κ3) is 4.70. The Kier molecular flexibility index (Phi) is 6.40. The van der Waals surface area contributed by atoms with Crippen LogP contribution < -0.4 is 9.64 Å². The lowest BCUT2D eigenvalue weighted by molar-refractivity contribution is -0.131. The van der Waals surface area contributed by atoms with Crippen molar-refractivity contribution in [3.63, 3.8) is 0 Å². The highest BCUT2D eigenvalue weighted by Gasteiger charge is 2.21. The molecule has 5 heteroatoms. The van der Waals surface area contributed by atoms with E-state index in [0.29, 0.717) is 13.0 Å². The number of piperazine rings is 1. The Morgan fingerprint density at radius 1 is 1.04 bits per heavy atom. The topological polar surface area (TPSA) is 32.8 Å². The second kappa shape index (κ2) is 8.95. The van der Waals surface area contributed by atoms with Gasteiger partial charge in [-0.15, -0.1) is 0 Å². The monoisotopic (exact) mass is 372 g/mol. The van der Waals surface area contributed by atoms with Crippen molar-refractivity contribution in [2.75, 3.05) is 37.7 Å². The molecule has 0 bridgehead atoms. The number of hydrogen-bond donors (Lipinski definition) is 0. The van der Waals surface area contributed by atoms with Crippen molar-refractivity contribution < 1.29 is 9.53 Å². The second-order valence-corrected chi connectivity index (χ2v) is 6.94.